The second-order valence-electron chi connectivity index (χ2n) is 20.6. The molecule has 0 atom stereocenters. The topological polar surface area (TPSA) is 3.24 Å². The maximum Gasteiger partial charge on any atom is 0.0465 e. The quantitative estimate of drug-likeness (QED) is 0.147. The van der Waals surface area contributed by atoms with Crippen LogP contribution in [-0.4, -0.2) is 0 Å². The molecule has 338 valence electrons. The summed E-state index contributed by atoms with van der Waals surface area (Å²) in [6.45, 7) is 9.49. The summed E-state index contributed by atoms with van der Waals surface area (Å²) >= 11 is 0. The van der Waals surface area contributed by atoms with E-state index in [-0.39, 0.29) is 10.8 Å². The largest absolute Gasteiger partial charge is 0.310 e. The zero-order valence-corrected chi connectivity index (χ0v) is 40.6. The SMILES string of the molecule is CC1(C)c2ccccc2-c2ccc(-c3ccc(N(c4ccc(-c5ccc(-c6ccccc6)cc5)cc4)c4ccc5c(c4)C(C)(C)c4cc(-c6ccc(-c7ccc8ccccc8c7)cc6)ccc4-5)cc3)cc21. The highest BCUT2D eigenvalue weighted by Gasteiger charge is 2.37. The van der Waals surface area contributed by atoms with Crippen LogP contribution in [0.15, 0.2) is 249 Å². The lowest BCUT2D eigenvalue weighted by Crippen LogP contribution is -2.16. The van der Waals surface area contributed by atoms with E-state index in [1.54, 1.807) is 0 Å². The van der Waals surface area contributed by atoms with Gasteiger partial charge in [-0.1, -0.05) is 222 Å². The van der Waals surface area contributed by atoms with Crippen molar-refractivity contribution in [3.8, 4) is 77.9 Å². The van der Waals surface area contributed by atoms with Gasteiger partial charge in [-0.15, -0.1) is 0 Å². The van der Waals surface area contributed by atoms with Crippen LogP contribution in [0, 0.1) is 0 Å². The van der Waals surface area contributed by atoms with E-state index in [0.29, 0.717) is 0 Å². The molecule has 0 spiro atoms. The Morgan fingerprint density at radius 3 is 1.11 bits per heavy atom. The van der Waals surface area contributed by atoms with Crippen LogP contribution >= 0.6 is 0 Å². The Kier molecular flexibility index (Phi) is 9.94. The second-order valence-corrected chi connectivity index (χ2v) is 20.6. The normalized spacial score (nSPS) is 13.6. The molecule has 0 unspecified atom stereocenters. The van der Waals surface area contributed by atoms with Crippen LogP contribution < -0.4 is 4.90 Å². The molecule has 0 saturated heterocycles. The third kappa shape index (κ3) is 7.23. The van der Waals surface area contributed by atoms with E-state index in [1.807, 2.05) is 0 Å². The molecule has 1 nitrogen and oxygen atoms in total. The molecule has 2 aliphatic carbocycles. The number of rotatable bonds is 8. The van der Waals surface area contributed by atoms with E-state index in [1.165, 1.54) is 111 Å². The molecule has 0 heterocycles. The van der Waals surface area contributed by atoms with Gasteiger partial charge in [0.2, 0.25) is 0 Å². The average molecular weight is 908 g/mol. The minimum atomic E-state index is -0.214. The fourth-order valence-corrected chi connectivity index (χ4v) is 11.7. The van der Waals surface area contributed by atoms with Crippen LogP contribution in [-0.2, 0) is 10.8 Å². The monoisotopic (exact) mass is 907 g/mol. The average Bonchev–Trinajstić information content (AvgIpc) is 3.80. The van der Waals surface area contributed by atoms with Crippen LogP contribution in [0.3, 0.4) is 0 Å². The minimum absolute atomic E-state index is 0.0537. The molecule has 11 aromatic carbocycles. The molecule has 0 aromatic heterocycles. The standard InChI is InChI=1S/C70H53N/c1-69(2)65-17-11-10-16-61(65)62-39-32-57(43-66(62)69)53-30-36-59(37-31-53)71(58-34-28-50(29-35-58)49-20-18-48(19-21-49)46-12-6-5-7-13-46)60-38-41-64-63-40-33-56(44-67(63)70(3,4)68(64)45-60)52-24-22-51(23-25-52)55-27-26-47-14-8-9-15-54(47)42-55/h5-45H,1-4H3. The van der Waals surface area contributed by atoms with Crippen LogP contribution in [0.2, 0.25) is 0 Å². The number of nitrogens with zero attached hydrogens (tertiary/aromatic N) is 1. The van der Waals surface area contributed by atoms with Crippen molar-refractivity contribution >= 4 is 27.8 Å². The van der Waals surface area contributed by atoms with Crippen molar-refractivity contribution in [2.45, 2.75) is 38.5 Å². The maximum absolute atomic E-state index is 2.44. The highest BCUT2D eigenvalue weighted by Crippen LogP contribution is 2.53. The zero-order chi connectivity index (χ0) is 47.8. The Labute approximate surface area is 418 Å². The Balaban J connectivity index is 0.840. The van der Waals surface area contributed by atoms with Crippen LogP contribution in [0.1, 0.15) is 49.9 Å². The van der Waals surface area contributed by atoms with E-state index in [4.69, 9.17) is 0 Å². The summed E-state index contributed by atoms with van der Waals surface area (Å²) in [6.07, 6.45) is 0. The molecule has 0 aliphatic heterocycles. The summed E-state index contributed by atoms with van der Waals surface area (Å²) in [5.74, 6) is 0. The molecular weight excluding hydrogens is 855 g/mol. The first-order valence-electron chi connectivity index (χ1n) is 25.0. The van der Waals surface area contributed by atoms with E-state index < -0.39 is 0 Å². The Hall–Kier alpha value is -8.52. The molecule has 2 aliphatic rings. The van der Waals surface area contributed by atoms with Gasteiger partial charge in [-0.3, -0.25) is 0 Å². The molecule has 0 amide bonds. The third-order valence-corrected chi connectivity index (χ3v) is 15.7. The van der Waals surface area contributed by atoms with Crippen LogP contribution in [0.5, 0.6) is 0 Å². The first kappa shape index (κ1) is 42.6. The van der Waals surface area contributed by atoms with Gasteiger partial charge in [-0.25, -0.2) is 0 Å². The molecule has 0 N–H and O–H groups in total. The van der Waals surface area contributed by atoms with E-state index in [0.717, 1.165) is 17.1 Å². The van der Waals surface area contributed by atoms with Gasteiger partial charge in [0.15, 0.2) is 0 Å². The number of hydrogen-bond donors (Lipinski definition) is 0. The predicted molar refractivity (Wildman–Crippen MR) is 301 cm³/mol. The van der Waals surface area contributed by atoms with Crippen molar-refractivity contribution in [2.24, 2.45) is 0 Å². The summed E-state index contributed by atoms with van der Waals surface area (Å²) in [4.78, 5) is 2.43. The van der Waals surface area contributed by atoms with Gasteiger partial charge in [0.25, 0.3) is 0 Å². The van der Waals surface area contributed by atoms with Gasteiger partial charge in [-0.2, -0.15) is 0 Å². The third-order valence-electron chi connectivity index (χ3n) is 15.7. The summed E-state index contributed by atoms with van der Waals surface area (Å²) < 4.78 is 0. The lowest BCUT2D eigenvalue weighted by molar-refractivity contribution is 0.660. The lowest BCUT2D eigenvalue weighted by Gasteiger charge is -2.28. The molecule has 0 fully saturated rings. The number of anilines is 3. The molecule has 1 heteroatoms. The summed E-state index contributed by atoms with van der Waals surface area (Å²) in [5.41, 5.74) is 26.1. The van der Waals surface area contributed by atoms with Gasteiger partial charge in [0.05, 0.1) is 0 Å². The minimum Gasteiger partial charge on any atom is -0.310 e. The van der Waals surface area contributed by atoms with E-state index in [9.17, 15) is 0 Å². The molecule has 13 rings (SSSR count). The van der Waals surface area contributed by atoms with Crippen molar-refractivity contribution in [3.63, 3.8) is 0 Å². The highest BCUT2D eigenvalue weighted by molar-refractivity contribution is 5.90. The zero-order valence-electron chi connectivity index (χ0n) is 40.6. The van der Waals surface area contributed by atoms with Gasteiger partial charge in [0.1, 0.15) is 0 Å². The molecule has 0 saturated carbocycles. The Bertz CT molecular complexity index is 3820. The molecule has 0 bridgehead atoms. The number of hydrogen-bond acceptors (Lipinski definition) is 1. The fraction of sp³-hybridized carbons (Fsp3) is 0.0857. The van der Waals surface area contributed by atoms with Crippen molar-refractivity contribution in [1.29, 1.82) is 0 Å². The van der Waals surface area contributed by atoms with Gasteiger partial charge in [-0.05, 0) is 166 Å². The lowest BCUT2D eigenvalue weighted by atomic mass is 9.81. The van der Waals surface area contributed by atoms with Crippen molar-refractivity contribution in [1.82, 2.24) is 0 Å². The summed E-state index contributed by atoms with van der Waals surface area (Å²) in [6, 6.07) is 92.3. The summed E-state index contributed by atoms with van der Waals surface area (Å²) in [7, 11) is 0. The van der Waals surface area contributed by atoms with Crippen LogP contribution in [0.25, 0.3) is 88.7 Å². The summed E-state index contributed by atoms with van der Waals surface area (Å²) in [5, 5.41) is 2.53. The smallest absolute Gasteiger partial charge is 0.0465 e. The predicted octanol–water partition coefficient (Wildman–Crippen LogP) is 19.3. The molecule has 11 aromatic rings. The van der Waals surface area contributed by atoms with E-state index >= 15 is 0 Å². The Morgan fingerprint density at radius 1 is 0.225 bits per heavy atom. The second kappa shape index (κ2) is 16.6. The maximum atomic E-state index is 2.44. The number of fused-ring (bicyclic) bond motifs is 7. The first-order chi connectivity index (χ1) is 34.7. The highest BCUT2D eigenvalue weighted by atomic mass is 15.1. The Morgan fingerprint density at radius 2 is 0.563 bits per heavy atom. The van der Waals surface area contributed by atoms with Crippen molar-refractivity contribution in [2.75, 3.05) is 4.90 Å². The van der Waals surface area contributed by atoms with Crippen molar-refractivity contribution in [3.05, 3.63) is 271 Å². The fourth-order valence-electron chi connectivity index (χ4n) is 11.7. The molecular formula is C70H53N. The van der Waals surface area contributed by atoms with Crippen molar-refractivity contribution < 1.29 is 0 Å². The van der Waals surface area contributed by atoms with Crippen LogP contribution in [0.4, 0.5) is 17.1 Å². The number of benzene rings is 11. The first-order valence-corrected chi connectivity index (χ1v) is 25.0. The molecule has 71 heavy (non-hydrogen) atoms. The van der Waals surface area contributed by atoms with Gasteiger partial charge >= 0.3 is 0 Å². The van der Waals surface area contributed by atoms with E-state index in [2.05, 4.69) is 281 Å². The van der Waals surface area contributed by atoms with Gasteiger partial charge < -0.3 is 4.90 Å². The van der Waals surface area contributed by atoms with Gasteiger partial charge in [0, 0.05) is 27.9 Å². The molecule has 0 radical (unpaired) electrons.